The van der Waals surface area contributed by atoms with E-state index < -0.39 is 23.8 Å². The van der Waals surface area contributed by atoms with Crippen molar-refractivity contribution in [2.45, 2.75) is 26.1 Å². The van der Waals surface area contributed by atoms with Gasteiger partial charge in [0.2, 0.25) is 0 Å². The van der Waals surface area contributed by atoms with Crippen LogP contribution in [0.5, 0.6) is 5.75 Å². The molecule has 0 amide bonds. The molecule has 1 atom stereocenters. The van der Waals surface area contributed by atoms with Gasteiger partial charge in [0.05, 0.1) is 17.2 Å². The lowest BCUT2D eigenvalue weighted by molar-refractivity contribution is -0.274. The number of ether oxygens (including phenoxy) is 1. The summed E-state index contributed by atoms with van der Waals surface area (Å²) in [5.41, 5.74) is 1.10. The molecule has 5 nitrogen and oxygen atoms in total. The van der Waals surface area contributed by atoms with Crippen LogP contribution in [0.2, 0.25) is 0 Å². The SMILES string of the molecule is Cc1ncc2c(n1)CCC(C(=O)c1ccc(OC(F)(F)F)cc1)C2=O. The number of carbonyl (C=O) groups excluding carboxylic acids is 2. The summed E-state index contributed by atoms with van der Waals surface area (Å²) < 4.78 is 40.3. The molecule has 25 heavy (non-hydrogen) atoms. The Balaban J connectivity index is 1.79. The van der Waals surface area contributed by atoms with Crippen LogP contribution in [0.4, 0.5) is 13.2 Å². The van der Waals surface area contributed by atoms with Crippen LogP contribution in [0.15, 0.2) is 30.5 Å². The Morgan fingerprint density at radius 2 is 1.92 bits per heavy atom. The second-order valence-corrected chi connectivity index (χ2v) is 5.67. The summed E-state index contributed by atoms with van der Waals surface area (Å²) in [5.74, 6) is -1.55. The molecule has 1 aliphatic rings. The van der Waals surface area contributed by atoms with Crippen LogP contribution in [-0.4, -0.2) is 27.9 Å². The van der Waals surface area contributed by atoms with Gasteiger partial charge in [-0.25, -0.2) is 9.97 Å². The largest absolute Gasteiger partial charge is 0.573 e. The highest BCUT2D eigenvalue weighted by molar-refractivity contribution is 6.16. The third kappa shape index (κ3) is 3.67. The Bertz CT molecular complexity index is 832. The first-order valence-corrected chi connectivity index (χ1v) is 7.51. The maximum atomic E-state index is 12.6. The third-order valence-corrected chi connectivity index (χ3v) is 3.93. The predicted molar refractivity (Wildman–Crippen MR) is 80.4 cm³/mol. The number of rotatable bonds is 3. The molecule has 1 aromatic heterocycles. The molecule has 1 aromatic carbocycles. The Morgan fingerprint density at radius 3 is 2.56 bits per heavy atom. The number of fused-ring (bicyclic) bond motifs is 1. The number of aromatic nitrogens is 2. The van der Waals surface area contributed by atoms with Gasteiger partial charge in [-0.2, -0.15) is 0 Å². The Labute approximate surface area is 140 Å². The standard InChI is InChI=1S/C17H13F3N2O3/c1-9-21-8-13-14(22-9)7-6-12(16(13)24)15(23)10-2-4-11(5-3-10)25-17(18,19)20/h2-5,8,12H,6-7H2,1H3. The molecule has 1 unspecified atom stereocenters. The zero-order valence-corrected chi connectivity index (χ0v) is 13.1. The first kappa shape index (κ1) is 17.1. The van der Waals surface area contributed by atoms with E-state index in [9.17, 15) is 22.8 Å². The van der Waals surface area contributed by atoms with Gasteiger partial charge in [0, 0.05) is 11.8 Å². The summed E-state index contributed by atoms with van der Waals surface area (Å²) in [6.45, 7) is 1.71. The highest BCUT2D eigenvalue weighted by atomic mass is 19.4. The van der Waals surface area contributed by atoms with Crippen molar-refractivity contribution < 1.29 is 27.5 Å². The van der Waals surface area contributed by atoms with Crippen LogP contribution >= 0.6 is 0 Å². The monoisotopic (exact) mass is 350 g/mol. The van der Waals surface area contributed by atoms with Crippen molar-refractivity contribution in [1.82, 2.24) is 9.97 Å². The zero-order chi connectivity index (χ0) is 18.2. The number of halogens is 3. The Kier molecular flexibility index (Phi) is 4.28. The van der Waals surface area contributed by atoms with Crippen molar-refractivity contribution in [2.75, 3.05) is 0 Å². The lowest BCUT2D eigenvalue weighted by Gasteiger charge is -2.21. The number of hydrogen-bond acceptors (Lipinski definition) is 5. The molecule has 130 valence electrons. The first-order chi connectivity index (χ1) is 11.7. The second-order valence-electron chi connectivity index (χ2n) is 5.67. The molecule has 1 heterocycles. The fourth-order valence-electron chi connectivity index (χ4n) is 2.79. The normalized spacial score (nSPS) is 17.1. The summed E-state index contributed by atoms with van der Waals surface area (Å²) in [4.78, 5) is 33.3. The first-order valence-electron chi connectivity index (χ1n) is 7.51. The number of alkyl halides is 3. The minimum absolute atomic E-state index is 0.157. The van der Waals surface area contributed by atoms with E-state index in [0.717, 1.165) is 12.1 Å². The summed E-state index contributed by atoms with van der Waals surface area (Å²) in [7, 11) is 0. The number of nitrogens with zero attached hydrogens (tertiary/aromatic N) is 2. The molecule has 1 aliphatic carbocycles. The fraction of sp³-hybridized carbons (Fsp3) is 0.294. The molecule has 0 radical (unpaired) electrons. The molecule has 2 aromatic rings. The molecule has 0 aliphatic heterocycles. The Morgan fingerprint density at radius 1 is 1.24 bits per heavy atom. The molecule has 3 rings (SSSR count). The number of carbonyl (C=O) groups is 2. The van der Waals surface area contributed by atoms with Crippen LogP contribution in [-0.2, 0) is 6.42 Å². The molecular weight excluding hydrogens is 337 g/mol. The molecule has 0 fully saturated rings. The van der Waals surface area contributed by atoms with Crippen molar-refractivity contribution in [3.05, 3.63) is 53.1 Å². The topological polar surface area (TPSA) is 69.2 Å². The van der Waals surface area contributed by atoms with Gasteiger partial charge in [0.15, 0.2) is 11.6 Å². The van der Waals surface area contributed by atoms with E-state index in [1.807, 2.05) is 0 Å². The molecule has 0 spiro atoms. The molecule has 0 saturated heterocycles. The molecule has 0 N–H and O–H groups in total. The fourth-order valence-corrected chi connectivity index (χ4v) is 2.79. The van der Waals surface area contributed by atoms with Crippen LogP contribution < -0.4 is 4.74 Å². The lowest BCUT2D eigenvalue weighted by atomic mass is 9.81. The summed E-state index contributed by atoms with van der Waals surface area (Å²) in [6, 6.07) is 4.54. The quantitative estimate of drug-likeness (QED) is 0.627. The average Bonchev–Trinajstić information content (AvgIpc) is 2.53. The van der Waals surface area contributed by atoms with E-state index in [2.05, 4.69) is 14.7 Å². The number of Topliss-reactive ketones (excluding diaryl/α,β-unsaturated/α-hetero) is 2. The summed E-state index contributed by atoms with van der Waals surface area (Å²) in [5, 5.41) is 0. The van der Waals surface area contributed by atoms with Crippen molar-refractivity contribution in [3.63, 3.8) is 0 Å². The van der Waals surface area contributed by atoms with E-state index in [4.69, 9.17) is 0 Å². The average molecular weight is 350 g/mol. The van der Waals surface area contributed by atoms with Crippen molar-refractivity contribution in [2.24, 2.45) is 5.92 Å². The van der Waals surface area contributed by atoms with Crippen LogP contribution in [0.3, 0.4) is 0 Å². The van der Waals surface area contributed by atoms with Gasteiger partial charge >= 0.3 is 6.36 Å². The maximum Gasteiger partial charge on any atom is 0.573 e. The minimum Gasteiger partial charge on any atom is -0.406 e. The summed E-state index contributed by atoms with van der Waals surface area (Å²) >= 11 is 0. The van der Waals surface area contributed by atoms with Crippen molar-refractivity contribution in [1.29, 1.82) is 0 Å². The minimum atomic E-state index is -4.80. The van der Waals surface area contributed by atoms with Crippen LogP contribution in [0.25, 0.3) is 0 Å². The zero-order valence-electron chi connectivity index (χ0n) is 13.1. The Hall–Kier alpha value is -2.77. The smallest absolute Gasteiger partial charge is 0.406 e. The van der Waals surface area contributed by atoms with Gasteiger partial charge in [-0.3, -0.25) is 9.59 Å². The summed E-state index contributed by atoms with van der Waals surface area (Å²) in [6.07, 6.45) is -2.61. The van der Waals surface area contributed by atoms with E-state index in [-0.39, 0.29) is 11.3 Å². The second kappa shape index (κ2) is 6.27. The van der Waals surface area contributed by atoms with E-state index in [0.29, 0.717) is 29.9 Å². The number of aryl methyl sites for hydroxylation is 2. The van der Waals surface area contributed by atoms with Gasteiger partial charge in [-0.15, -0.1) is 13.2 Å². The van der Waals surface area contributed by atoms with E-state index in [1.165, 1.54) is 18.3 Å². The number of benzene rings is 1. The molecule has 0 saturated carbocycles. The van der Waals surface area contributed by atoms with Gasteiger partial charge < -0.3 is 4.74 Å². The molecular formula is C17H13F3N2O3. The maximum absolute atomic E-state index is 12.6. The van der Waals surface area contributed by atoms with Gasteiger partial charge in [-0.1, -0.05) is 0 Å². The predicted octanol–water partition coefficient (Wildman–Crippen LogP) is 3.31. The van der Waals surface area contributed by atoms with Crippen LogP contribution in [0.1, 0.15) is 38.7 Å². The lowest BCUT2D eigenvalue weighted by Crippen LogP contribution is -2.30. The van der Waals surface area contributed by atoms with Gasteiger partial charge in [-0.05, 0) is 44.0 Å². The van der Waals surface area contributed by atoms with Crippen molar-refractivity contribution in [3.8, 4) is 5.75 Å². The van der Waals surface area contributed by atoms with Crippen LogP contribution in [0, 0.1) is 12.8 Å². The highest BCUT2D eigenvalue weighted by Gasteiger charge is 2.35. The number of ketones is 2. The van der Waals surface area contributed by atoms with E-state index >= 15 is 0 Å². The molecule has 8 heteroatoms. The number of hydrogen-bond donors (Lipinski definition) is 0. The third-order valence-electron chi connectivity index (χ3n) is 3.93. The molecule has 0 bridgehead atoms. The van der Waals surface area contributed by atoms with Gasteiger partial charge in [0.25, 0.3) is 0 Å². The highest BCUT2D eigenvalue weighted by Crippen LogP contribution is 2.28. The van der Waals surface area contributed by atoms with Gasteiger partial charge in [0.1, 0.15) is 11.6 Å². The van der Waals surface area contributed by atoms with Crippen molar-refractivity contribution >= 4 is 11.6 Å². The van der Waals surface area contributed by atoms with E-state index in [1.54, 1.807) is 6.92 Å².